The molecule has 3 unspecified atom stereocenters. The molecule has 1 fully saturated rings. The van der Waals surface area contributed by atoms with Crippen molar-refractivity contribution in [2.45, 2.75) is 58.0 Å². The van der Waals surface area contributed by atoms with E-state index in [-0.39, 0.29) is 11.9 Å². The number of nitrogens with zero attached hydrogens (tertiary/aromatic N) is 1. The van der Waals surface area contributed by atoms with Crippen molar-refractivity contribution in [3.05, 3.63) is 16.1 Å². The summed E-state index contributed by atoms with van der Waals surface area (Å²) in [5.41, 5.74) is 6.27. The van der Waals surface area contributed by atoms with Crippen LogP contribution in [0.25, 0.3) is 0 Å². The van der Waals surface area contributed by atoms with Crippen LogP contribution < -0.4 is 11.1 Å². The Labute approximate surface area is 118 Å². The number of amides is 1. The van der Waals surface area contributed by atoms with Gasteiger partial charge in [-0.2, -0.15) is 0 Å². The number of carbonyl (C=O) groups is 1. The number of nitrogens with one attached hydrogen (secondary N) is 1. The molecule has 0 bridgehead atoms. The van der Waals surface area contributed by atoms with Gasteiger partial charge in [-0.05, 0) is 32.1 Å². The monoisotopic (exact) mass is 281 g/mol. The van der Waals surface area contributed by atoms with E-state index >= 15 is 0 Å². The summed E-state index contributed by atoms with van der Waals surface area (Å²) in [5.74, 6) is 0.730. The highest BCUT2D eigenvalue weighted by atomic mass is 32.1. The van der Waals surface area contributed by atoms with Gasteiger partial charge in [0.05, 0.1) is 6.04 Å². The molecular formula is C14H23N3OS. The third-order valence-corrected chi connectivity index (χ3v) is 4.78. The molecule has 1 aliphatic rings. The lowest BCUT2D eigenvalue weighted by atomic mass is 10.0. The highest BCUT2D eigenvalue weighted by Gasteiger charge is 2.20. The molecule has 0 radical (unpaired) electrons. The maximum Gasteiger partial charge on any atom is 0.270 e. The van der Waals surface area contributed by atoms with Gasteiger partial charge in [0.1, 0.15) is 10.7 Å². The van der Waals surface area contributed by atoms with Crippen LogP contribution in [-0.4, -0.2) is 16.9 Å². The molecule has 4 nitrogen and oxygen atoms in total. The van der Waals surface area contributed by atoms with E-state index in [1.807, 2.05) is 6.92 Å². The van der Waals surface area contributed by atoms with Crippen LogP contribution in [0.4, 0.5) is 0 Å². The number of rotatable bonds is 3. The normalized spacial score (nSPS) is 25.6. The second-order valence-corrected chi connectivity index (χ2v) is 6.53. The van der Waals surface area contributed by atoms with Gasteiger partial charge in [-0.1, -0.05) is 19.8 Å². The number of nitrogens with two attached hydrogens (primary N) is 1. The second kappa shape index (κ2) is 6.48. The molecule has 0 saturated heterocycles. The molecule has 19 heavy (non-hydrogen) atoms. The minimum atomic E-state index is -0.106. The number of carbonyl (C=O) groups excluding carboxylic acids is 1. The lowest BCUT2D eigenvalue weighted by Crippen LogP contribution is -2.34. The standard InChI is InChI=1S/C14H23N3OS/c1-9-4-3-5-11(7-6-9)16-13(18)12-8-19-14(17-12)10(2)15/h8-11H,3-7,15H2,1-2H3,(H,16,18). The van der Waals surface area contributed by atoms with Crippen molar-refractivity contribution in [1.82, 2.24) is 10.3 Å². The smallest absolute Gasteiger partial charge is 0.270 e. The van der Waals surface area contributed by atoms with E-state index in [0.717, 1.165) is 23.8 Å². The summed E-state index contributed by atoms with van der Waals surface area (Å²) in [6, 6.07) is 0.197. The number of thiazole rings is 1. The minimum absolute atomic E-state index is 0.0531. The second-order valence-electron chi connectivity index (χ2n) is 5.64. The fraction of sp³-hybridized carbons (Fsp3) is 0.714. The molecule has 106 valence electrons. The van der Waals surface area contributed by atoms with Crippen molar-refractivity contribution in [3.63, 3.8) is 0 Å². The first-order valence-corrected chi connectivity index (χ1v) is 7.96. The van der Waals surface area contributed by atoms with Gasteiger partial charge in [0.2, 0.25) is 0 Å². The molecule has 1 aromatic heterocycles. The molecule has 0 aliphatic heterocycles. The first-order valence-electron chi connectivity index (χ1n) is 7.08. The SMILES string of the molecule is CC1CCCC(NC(=O)c2csc(C(C)N)n2)CC1. The van der Waals surface area contributed by atoms with Crippen LogP contribution in [0.5, 0.6) is 0 Å². The summed E-state index contributed by atoms with van der Waals surface area (Å²) in [4.78, 5) is 16.4. The highest BCUT2D eigenvalue weighted by Crippen LogP contribution is 2.23. The van der Waals surface area contributed by atoms with Crippen molar-refractivity contribution in [2.24, 2.45) is 11.7 Å². The molecule has 0 spiro atoms. The maximum absolute atomic E-state index is 12.1. The predicted molar refractivity (Wildman–Crippen MR) is 78.2 cm³/mol. The van der Waals surface area contributed by atoms with Crippen LogP contribution in [-0.2, 0) is 0 Å². The fourth-order valence-electron chi connectivity index (χ4n) is 2.49. The molecular weight excluding hydrogens is 258 g/mol. The van der Waals surface area contributed by atoms with Crippen LogP contribution >= 0.6 is 11.3 Å². The van der Waals surface area contributed by atoms with Gasteiger partial charge in [0, 0.05) is 11.4 Å². The Hall–Kier alpha value is -0.940. The predicted octanol–water partition coefficient (Wildman–Crippen LogP) is 2.86. The van der Waals surface area contributed by atoms with Crippen molar-refractivity contribution >= 4 is 17.2 Å². The first-order chi connectivity index (χ1) is 9.06. The maximum atomic E-state index is 12.1. The van der Waals surface area contributed by atoms with Crippen molar-refractivity contribution < 1.29 is 4.79 Å². The zero-order chi connectivity index (χ0) is 13.8. The summed E-state index contributed by atoms with van der Waals surface area (Å²) < 4.78 is 0. The van der Waals surface area contributed by atoms with Gasteiger partial charge in [-0.15, -0.1) is 11.3 Å². The first kappa shape index (κ1) is 14.5. The van der Waals surface area contributed by atoms with Gasteiger partial charge in [0.25, 0.3) is 5.91 Å². The van der Waals surface area contributed by atoms with Gasteiger partial charge in [-0.25, -0.2) is 4.98 Å². The topological polar surface area (TPSA) is 68.0 Å². The lowest BCUT2D eigenvalue weighted by Gasteiger charge is -2.15. The van der Waals surface area contributed by atoms with E-state index in [4.69, 9.17) is 5.73 Å². The van der Waals surface area contributed by atoms with E-state index in [1.54, 1.807) is 5.38 Å². The molecule has 1 saturated carbocycles. The van der Waals surface area contributed by atoms with Gasteiger partial charge in [0.15, 0.2) is 0 Å². The Balaban J connectivity index is 1.92. The Morgan fingerprint density at radius 2 is 2.26 bits per heavy atom. The Morgan fingerprint density at radius 3 is 2.95 bits per heavy atom. The van der Waals surface area contributed by atoms with Crippen LogP contribution in [0.2, 0.25) is 0 Å². The van der Waals surface area contributed by atoms with Crippen molar-refractivity contribution in [3.8, 4) is 0 Å². The third-order valence-electron chi connectivity index (χ3n) is 3.74. The number of hydrogen-bond donors (Lipinski definition) is 2. The van der Waals surface area contributed by atoms with Crippen molar-refractivity contribution in [2.75, 3.05) is 0 Å². The van der Waals surface area contributed by atoms with E-state index in [2.05, 4.69) is 17.2 Å². The Kier molecular flexibility index (Phi) is 4.93. The third kappa shape index (κ3) is 4.01. The summed E-state index contributed by atoms with van der Waals surface area (Å²) in [7, 11) is 0. The van der Waals surface area contributed by atoms with Gasteiger partial charge >= 0.3 is 0 Å². The summed E-state index contributed by atoms with van der Waals surface area (Å²) >= 11 is 1.46. The molecule has 3 atom stereocenters. The average Bonchev–Trinajstić information content (AvgIpc) is 2.77. The van der Waals surface area contributed by atoms with E-state index in [9.17, 15) is 4.79 Å². The zero-order valence-corrected chi connectivity index (χ0v) is 12.5. The molecule has 1 heterocycles. The fourth-order valence-corrected chi connectivity index (χ4v) is 3.25. The van der Waals surface area contributed by atoms with E-state index in [0.29, 0.717) is 11.7 Å². The van der Waals surface area contributed by atoms with Crippen molar-refractivity contribution in [1.29, 1.82) is 0 Å². The molecule has 1 aromatic rings. The number of aromatic nitrogens is 1. The van der Waals surface area contributed by atoms with Gasteiger partial charge in [-0.3, -0.25) is 4.79 Å². The molecule has 1 aliphatic carbocycles. The quantitative estimate of drug-likeness (QED) is 0.837. The molecule has 3 N–H and O–H groups in total. The van der Waals surface area contributed by atoms with Gasteiger partial charge < -0.3 is 11.1 Å². The van der Waals surface area contributed by atoms with Crippen LogP contribution in [0.1, 0.15) is 67.5 Å². The summed E-state index contributed by atoms with van der Waals surface area (Å²) in [5, 5.41) is 5.73. The average molecular weight is 281 g/mol. The molecule has 0 aromatic carbocycles. The minimum Gasteiger partial charge on any atom is -0.348 e. The summed E-state index contributed by atoms with van der Waals surface area (Å²) in [6.45, 7) is 4.17. The Morgan fingerprint density at radius 1 is 1.47 bits per heavy atom. The summed E-state index contributed by atoms with van der Waals surface area (Å²) in [6.07, 6.45) is 5.84. The molecule has 1 amide bonds. The van der Waals surface area contributed by atoms with E-state index < -0.39 is 0 Å². The largest absolute Gasteiger partial charge is 0.348 e. The Bertz CT molecular complexity index is 430. The highest BCUT2D eigenvalue weighted by molar-refractivity contribution is 7.09. The van der Waals surface area contributed by atoms with Crippen LogP contribution in [0, 0.1) is 5.92 Å². The molecule has 5 heteroatoms. The number of hydrogen-bond acceptors (Lipinski definition) is 4. The van der Waals surface area contributed by atoms with E-state index in [1.165, 1.54) is 30.6 Å². The zero-order valence-electron chi connectivity index (χ0n) is 11.7. The lowest BCUT2D eigenvalue weighted by molar-refractivity contribution is 0.0928. The van der Waals surface area contributed by atoms with Crippen LogP contribution in [0.15, 0.2) is 5.38 Å². The molecule has 2 rings (SSSR count). The van der Waals surface area contributed by atoms with Crippen LogP contribution in [0.3, 0.4) is 0 Å².